The first-order valence-electron chi connectivity index (χ1n) is 5.54. The second-order valence-corrected chi connectivity index (χ2v) is 3.96. The number of benzene rings is 2. The average Bonchev–Trinajstić information content (AvgIpc) is 2.46. The van der Waals surface area contributed by atoms with Crippen LogP contribution in [0.5, 0.6) is 0 Å². The van der Waals surface area contributed by atoms with Gasteiger partial charge in [-0.2, -0.15) is 0 Å². The van der Waals surface area contributed by atoms with Gasteiger partial charge >= 0.3 is 5.97 Å². The van der Waals surface area contributed by atoms with Crippen molar-refractivity contribution >= 4 is 17.4 Å². The molecule has 6 heteroatoms. The van der Waals surface area contributed by atoms with Crippen molar-refractivity contribution in [3.63, 3.8) is 0 Å². The quantitative estimate of drug-likeness (QED) is 0.685. The number of carbonyl (C=O) groups is 2. The van der Waals surface area contributed by atoms with Gasteiger partial charge in [0.2, 0.25) is 0 Å². The zero-order valence-electron chi connectivity index (χ0n) is 10.0. The zero-order chi connectivity index (χ0) is 14.7. The van der Waals surface area contributed by atoms with Crippen molar-refractivity contribution in [1.29, 1.82) is 0 Å². The Hall–Kier alpha value is -2.89. The molecule has 0 amide bonds. The summed E-state index contributed by atoms with van der Waals surface area (Å²) in [5.41, 5.74) is -0.259. The average molecular weight is 273 g/mol. The van der Waals surface area contributed by atoms with Gasteiger partial charge in [-0.15, -0.1) is 4.91 Å². The summed E-state index contributed by atoms with van der Waals surface area (Å²) in [7, 11) is 0. The number of aromatic carboxylic acids is 1. The summed E-state index contributed by atoms with van der Waals surface area (Å²) in [5.74, 6) is -2.25. The van der Waals surface area contributed by atoms with Crippen molar-refractivity contribution in [3.8, 4) is 0 Å². The Balaban J connectivity index is 2.46. The van der Waals surface area contributed by atoms with Gasteiger partial charge in [-0.05, 0) is 47.6 Å². The van der Waals surface area contributed by atoms with Crippen LogP contribution in [-0.2, 0) is 0 Å². The minimum atomic E-state index is -1.23. The third kappa shape index (κ3) is 2.59. The third-order valence-electron chi connectivity index (χ3n) is 2.69. The van der Waals surface area contributed by atoms with E-state index in [9.17, 15) is 18.9 Å². The minimum absolute atomic E-state index is 0.0309. The molecular formula is C14H8FNO4. The lowest BCUT2D eigenvalue weighted by atomic mass is 10.00. The van der Waals surface area contributed by atoms with E-state index in [2.05, 4.69) is 5.18 Å². The molecule has 0 saturated carbocycles. The predicted octanol–water partition coefficient (Wildman–Crippen LogP) is 3.15. The normalized spacial score (nSPS) is 10.1. The van der Waals surface area contributed by atoms with E-state index in [4.69, 9.17) is 5.11 Å². The fourth-order valence-corrected chi connectivity index (χ4v) is 1.69. The number of carbonyl (C=O) groups excluding carboxylic acids is 1. The van der Waals surface area contributed by atoms with Crippen LogP contribution < -0.4 is 0 Å². The second-order valence-electron chi connectivity index (χ2n) is 3.96. The Labute approximate surface area is 112 Å². The maximum absolute atomic E-state index is 12.8. The molecule has 1 N–H and O–H groups in total. The van der Waals surface area contributed by atoms with Crippen LogP contribution in [-0.4, -0.2) is 16.9 Å². The highest BCUT2D eigenvalue weighted by atomic mass is 19.1. The third-order valence-corrected chi connectivity index (χ3v) is 2.69. The van der Waals surface area contributed by atoms with E-state index in [0.717, 1.165) is 18.2 Å². The zero-order valence-corrected chi connectivity index (χ0v) is 10.0. The molecule has 0 aromatic heterocycles. The molecule has 5 nitrogen and oxygen atoms in total. The maximum atomic E-state index is 12.8. The monoisotopic (exact) mass is 273 g/mol. The number of nitroso groups, excluding NO2 is 1. The van der Waals surface area contributed by atoms with Gasteiger partial charge in [0.1, 0.15) is 11.5 Å². The Morgan fingerprint density at radius 3 is 2.15 bits per heavy atom. The van der Waals surface area contributed by atoms with Crippen molar-refractivity contribution in [2.45, 2.75) is 0 Å². The Bertz CT molecular complexity index is 695. The summed E-state index contributed by atoms with van der Waals surface area (Å²) in [4.78, 5) is 33.7. The fourth-order valence-electron chi connectivity index (χ4n) is 1.69. The van der Waals surface area contributed by atoms with E-state index in [1.54, 1.807) is 0 Å². The van der Waals surface area contributed by atoms with Crippen LogP contribution in [0.3, 0.4) is 0 Å². The highest BCUT2D eigenvalue weighted by molar-refractivity contribution is 6.12. The second kappa shape index (κ2) is 5.40. The highest BCUT2D eigenvalue weighted by Crippen LogP contribution is 2.24. The van der Waals surface area contributed by atoms with Gasteiger partial charge in [0.15, 0.2) is 5.78 Å². The highest BCUT2D eigenvalue weighted by Gasteiger charge is 2.16. The number of hydrogen-bond donors (Lipinski definition) is 1. The summed E-state index contributed by atoms with van der Waals surface area (Å²) < 4.78 is 12.8. The van der Waals surface area contributed by atoms with Crippen molar-refractivity contribution in [2.75, 3.05) is 0 Å². The number of nitrogens with zero attached hydrogens (tertiary/aromatic N) is 1. The van der Waals surface area contributed by atoms with Gasteiger partial charge in [-0.1, -0.05) is 0 Å². The van der Waals surface area contributed by atoms with Crippen LogP contribution in [0.4, 0.5) is 10.1 Å². The van der Waals surface area contributed by atoms with Crippen LogP contribution in [0.2, 0.25) is 0 Å². The maximum Gasteiger partial charge on any atom is 0.335 e. The van der Waals surface area contributed by atoms with E-state index in [-0.39, 0.29) is 22.4 Å². The van der Waals surface area contributed by atoms with Gasteiger partial charge in [-0.3, -0.25) is 4.79 Å². The predicted molar refractivity (Wildman–Crippen MR) is 68.7 cm³/mol. The topological polar surface area (TPSA) is 83.8 Å². The number of hydrogen-bond acceptors (Lipinski definition) is 4. The molecule has 0 unspecified atom stereocenters. The lowest BCUT2D eigenvalue weighted by Crippen LogP contribution is -2.04. The standard InChI is InChI=1S/C14H8FNO4/c15-10-4-1-8(2-5-10)13(17)11-6-3-9(14(18)19)7-12(11)16-20/h1-7H,(H,18,19). The van der Waals surface area contributed by atoms with Crippen LogP contribution in [0.15, 0.2) is 47.6 Å². The lowest BCUT2D eigenvalue weighted by Gasteiger charge is -2.04. The molecule has 0 heterocycles. The summed E-state index contributed by atoms with van der Waals surface area (Å²) in [6.45, 7) is 0. The van der Waals surface area contributed by atoms with Crippen molar-refractivity contribution in [1.82, 2.24) is 0 Å². The largest absolute Gasteiger partial charge is 0.478 e. The van der Waals surface area contributed by atoms with Crippen LogP contribution in [0, 0.1) is 10.7 Å². The van der Waals surface area contributed by atoms with Gasteiger partial charge in [0.25, 0.3) is 0 Å². The lowest BCUT2D eigenvalue weighted by molar-refractivity contribution is 0.0696. The molecule has 2 aromatic carbocycles. The molecule has 0 spiro atoms. The number of ketones is 1. The molecule has 0 fully saturated rings. The van der Waals surface area contributed by atoms with Crippen molar-refractivity contribution in [2.24, 2.45) is 5.18 Å². The van der Waals surface area contributed by atoms with Crippen molar-refractivity contribution < 1.29 is 19.1 Å². The molecule has 2 rings (SSSR count). The summed E-state index contributed by atoms with van der Waals surface area (Å²) in [6, 6.07) is 8.22. The smallest absolute Gasteiger partial charge is 0.335 e. The van der Waals surface area contributed by atoms with Crippen LogP contribution in [0.1, 0.15) is 26.3 Å². The van der Waals surface area contributed by atoms with Gasteiger partial charge < -0.3 is 5.11 Å². The number of rotatable bonds is 4. The molecule has 2 aromatic rings. The Kier molecular flexibility index (Phi) is 3.65. The van der Waals surface area contributed by atoms with Gasteiger partial charge in [0.05, 0.1) is 11.1 Å². The number of halogens is 1. The molecule has 100 valence electrons. The molecule has 0 atom stereocenters. The molecule has 0 radical (unpaired) electrons. The SMILES string of the molecule is O=Nc1cc(C(=O)O)ccc1C(=O)c1ccc(F)cc1. The molecule has 0 bridgehead atoms. The Morgan fingerprint density at radius 1 is 1.00 bits per heavy atom. The molecule has 20 heavy (non-hydrogen) atoms. The molecule has 0 saturated heterocycles. The number of carboxylic acid groups (broad SMARTS) is 1. The van der Waals surface area contributed by atoms with E-state index in [1.165, 1.54) is 24.3 Å². The molecule has 0 aliphatic carbocycles. The summed E-state index contributed by atoms with van der Waals surface area (Å²) in [5, 5.41) is 11.5. The molecule has 0 aliphatic heterocycles. The van der Waals surface area contributed by atoms with E-state index >= 15 is 0 Å². The van der Waals surface area contributed by atoms with E-state index < -0.39 is 17.6 Å². The first-order chi connectivity index (χ1) is 9.52. The molecule has 0 aliphatic rings. The fraction of sp³-hybridized carbons (Fsp3) is 0. The molecular weight excluding hydrogens is 265 g/mol. The first kappa shape index (κ1) is 13.5. The van der Waals surface area contributed by atoms with E-state index in [0.29, 0.717) is 0 Å². The van der Waals surface area contributed by atoms with E-state index in [1.807, 2.05) is 0 Å². The minimum Gasteiger partial charge on any atom is -0.478 e. The van der Waals surface area contributed by atoms with Crippen LogP contribution in [0.25, 0.3) is 0 Å². The van der Waals surface area contributed by atoms with Crippen molar-refractivity contribution in [3.05, 3.63) is 69.9 Å². The van der Waals surface area contributed by atoms with Crippen LogP contribution >= 0.6 is 0 Å². The van der Waals surface area contributed by atoms with Gasteiger partial charge in [-0.25, -0.2) is 9.18 Å². The summed E-state index contributed by atoms with van der Waals surface area (Å²) in [6.07, 6.45) is 0. The number of carboxylic acids is 1. The Morgan fingerprint density at radius 2 is 1.60 bits per heavy atom. The summed E-state index contributed by atoms with van der Waals surface area (Å²) >= 11 is 0. The van der Waals surface area contributed by atoms with Gasteiger partial charge in [0, 0.05) is 5.56 Å². The first-order valence-corrected chi connectivity index (χ1v) is 5.54.